The number of halogens is 2. The van der Waals surface area contributed by atoms with Crippen LogP contribution in [0.2, 0.25) is 10.0 Å². The Morgan fingerprint density at radius 2 is 1.96 bits per heavy atom. The molecule has 25 heavy (non-hydrogen) atoms. The standard InChI is InChI=1S/C20H25Cl2NO2/c1-12(16-3-2-15(21)5-17(16)22)23-18(24)10-19-6-13-4-14(7-19)9-20(25,8-13)11-19/h2-3,5,12-14,25H,4,6-11H2,1H3,(H,23,24). The van der Waals surface area contributed by atoms with Gasteiger partial charge in [0.05, 0.1) is 11.6 Å². The first-order valence-corrected chi connectivity index (χ1v) is 9.98. The lowest BCUT2D eigenvalue weighted by Gasteiger charge is -2.60. The zero-order valence-corrected chi connectivity index (χ0v) is 16.0. The molecule has 4 fully saturated rings. The molecule has 1 aromatic rings. The van der Waals surface area contributed by atoms with Crippen LogP contribution in [0.5, 0.6) is 0 Å². The van der Waals surface area contributed by atoms with E-state index in [1.165, 1.54) is 6.42 Å². The summed E-state index contributed by atoms with van der Waals surface area (Å²) in [5.41, 5.74) is 0.352. The molecular formula is C20H25Cl2NO2. The van der Waals surface area contributed by atoms with Gasteiger partial charge < -0.3 is 10.4 Å². The number of benzene rings is 1. The van der Waals surface area contributed by atoms with Crippen molar-refractivity contribution in [1.82, 2.24) is 5.32 Å². The number of hydrogen-bond donors (Lipinski definition) is 2. The summed E-state index contributed by atoms with van der Waals surface area (Å²) in [5.74, 6) is 1.26. The Morgan fingerprint density at radius 3 is 2.56 bits per heavy atom. The predicted molar refractivity (Wildman–Crippen MR) is 99.7 cm³/mol. The van der Waals surface area contributed by atoms with Gasteiger partial charge in [0.15, 0.2) is 0 Å². The van der Waals surface area contributed by atoms with Gasteiger partial charge in [0, 0.05) is 16.5 Å². The Hall–Kier alpha value is -0.770. The van der Waals surface area contributed by atoms with Crippen LogP contribution in [-0.2, 0) is 4.79 Å². The summed E-state index contributed by atoms with van der Waals surface area (Å²) < 4.78 is 0. The minimum absolute atomic E-state index is 0.00751. The Morgan fingerprint density at radius 1 is 1.28 bits per heavy atom. The van der Waals surface area contributed by atoms with Gasteiger partial charge in [-0.15, -0.1) is 0 Å². The zero-order valence-electron chi connectivity index (χ0n) is 14.5. The summed E-state index contributed by atoms with van der Waals surface area (Å²) in [4.78, 5) is 12.7. The molecule has 0 saturated heterocycles. The second-order valence-corrected chi connectivity index (χ2v) is 9.66. The SMILES string of the molecule is CC(NC(=O)CC12CC3CC(CC(O)(C3)C1)C2)c1ccc(Cl)cc1Cl. The Balaban J connectivity index is 1.44. The fourth-order valence-corrected chi connectivity index (χ4v) is 6.74. The Bertz CT molecular complexity index is 691. The fraction of sp³-hybridized carbons (Fsp3) is 0.650. The van der Waals surface area contributed by atoms with Crippen molar-refractivity contribution in [1.29, 1.82) is 0 Å². The molecule has 3 nitrogen and oxygen atoms in total. The molecule has 4 bridgehead atoms. The van der Waals surface area contributed by atoms with E-state index >= 15 is 0 Å². The maximum absolute atomic E-state index is 12.7. The molecule has 3 unspecified atom stereocenters. The molecular weight excluding hydrogens is 357 g/mol. The van der Waals surface area contributed by atoms with Crippen molar-refractivity contribution in [3.8, 4) is 0 Å². The molecule has 4 aliphatic rings. The molecule has 5 heteroatoms. The van der Waals surface area contributed by atoms with Gasteiger partial charge in [-0.25, -0.2) is 0 Å². The molecule has 0 aromatic heterocycles. The topological polar surface area (TPSA) is 49.3 Å². The predicted octanol–water partition coefficient (Wildman–Crippen LogP) is 4.89. The Kier molecular flexibility index (Phi) is 4.33. The summed E-state index contributed by atoms with van der Waals surface area (Å²) in [6.45, 7) is 1.94. The number of hydrogen-bond acceptors (Lipinski definition) is 2. The van der Waals surface area contributed by atoms with Gasteiger partial charge >= 0.3 is 0 Å². The average Bonchev–Trinajstić information content (AvgIpc) is 2.43. The van der Waals surface area contributed by atoms with Crippen LogP contribution in [0.1, 0.15) is 63.5 Å². The molecule has 0 radical (unpaired) electrons. The van der Waals surface area contributed by atoms with Gasteiger partial charge in [-0.1, -0.05) is 29.3 Å². The van der Waals surface area contributed by atoms with E-state index in [2.05, 4.69) is 5.32 Å². The number of nitrogens with one attached hydrogen (secondary N) is 1. The first-order valence-electron chi connectivity index (χ1n) is 9.23. The summed E-state index contributed by atoms with van der Waals surface area (Å²) in [6, 6.07) is 5.20. The van der Waals surface area contributed by atoms with Gasteiger partial charge in [0.25, 0.3) is 0 Å². The molecule has 4 saturated carbocycles. The monoisotopic (exact) mass is 381 g/mol. The maximum atomic E-state index is 12.7. The molecule has 0 spiro atoms. The van der Waals surface area contributed by atoms with E-state index in [4.69, 9.17) is 23.2 Å². The van der Waals surface area contributed by atoms with Crippen LogP contribution in [0.25, 0.3) is 0 Å². The highest BCUT2D eigenvalue weighted by atomic mass is 35.5. The first-order chi connectivity index (χ1) is 11.8. The molecule has 1 amide bonds. The summed E-state index contributed by atoms with van der Waals surface area (Å²) in [6.07, 6.45) is 6.59. The highest BCUT2D eigenvalue weighted by Gasteiger charge is 2.57. The van der Waals surface area contributed by atoms with E-state index < -0.39 is 5.60 Å². The average molecular weight is 382 g/mol. The van der Waals surface area contributed by atoms with E-state index in [1.54, 1.807) is 12.1 Å². The van der Waals surface area contributed by atoms with Crippen molar-refractivity contribution >= 4 is 29.1 Å². The van der Waals surface area contributed by atoms with Crippen LogP contribution < -0.4 is 5.32 Å². The van der Waals surface area contributed by atoms with Crippen molar-refractivity contribution in [2.75, 3.05) is 0 Å². The van der Waals surface area contributed by atoms with E-state index in [0.717, 1.165) is 37.7 Å². The minimum Gasteiger partial charge on any atom is -0.390 e. The normalized spacial score (nSPS) is 37.1. The molecule has 1 aromatic carbocycles. The van der Waals surface area contributed by atoms with Crippen LogP contribution >= 0.6 is 23.2 Å². The van der Waals surface area contributed by atoms with Crippen molar-refractivity contribution in [3.05, 3.63) is 33.8 Å². The minimum atomic E-state index is -0.518. The smallest absolute Gasteiger partial charge is 0.221 e. The number of aliphatic hydroxyl groups is 1. The molecule has 3 atom stereocenters. The number of amides is 1. The number of carbonyl (C=O) groups excluding carboxylic acids is 1. The van der Waals surface area contributed by atoms with E-state index in [-0.39, 0.29) is 17.4 Å². The quantitative estimate of drug-likeness (QED) is 0.779. The highest BCUT2D eigenvalue weighted by molar-refractivity contribution is 6.35. The highest BCUT2D eigenvalue weighted by Crippen LogP contribution is 2.62. The fourth-order valence-electron chi connectivity index (χ4n) is 6.17. The lowest BCUT2D eigenvalue weighted by molar-refractivity contribution is -0.169. The maximum Gasteiger partial charge on any atom is 0.221 e. The molecule has 5 rings (SSSR count). The lowest BCUT2D eigenvalue weighted by Crippen LogP contribution is -2.56. The van der Waals surface area contributed by atoms with Gasteiger partial charge in [-0.2, -0.15) is 0 Å². The third kappa shape index (κ3) is 3.43. The second-order valence-electron chi connectivity index (χ2n) is 8.82. The summed E-state index contributed by atoms with van der Waals surface area (Å²) >= 11 is 12.2. The second kappa shape index (κ2) is 6.14. The van der Waals surface area contributed by atoms with Crippen LogP contribution in [0.15, 0.2) is 18.2 Å². The van der Waals surface area contributed by atoms with Crippen molar-refractivity contribution in [2.24, 2.45) is 17.3 Å². The molecule has 0 heterocycles. The summed E-state index contributed by atoms with van der Waals surface area (Å²) in [7, 11) is 0. The van der Waals surface area contributed by atoms with Gasteiger partial charge in [0.2, 0.25) is 5.91 Å². The first kappa shape index (κ1) is 17.6. The molecule has 0 aliphatic heterocycles. The number of carbonyl (C=O) groups is 1. The Labute approximate surface area is 159 Å². The third-order valence-electron chi connectivity index (χ3n) is 6.49. The van der Waals surface area contributed by atoms with E-state index in [9.17, 15) is 9.90 Å². The molecule has 2 N–H and O–H groups in total. The van der Waals surface area contributed by atoms with Crippen LogP contribution in [-0.4, -0.2) is 16.6 Å². The van der Waals surface area contributed by atoms with Crippen molar-refractivity contribution in [3.63, 3.8) is 0 Å². The third-order valence-corrected chi connectivity index (χ3v) is 7.06. The van der Waals surface area contributed by atoms with Gasteiger partial charge in [-0.05, 0) is 80.4 Å². The van der Waals surface area contributed by atoms with E-state index in [0.29, 0.717) is 28.3 Å². The van der Waals surface area contributed by atoms with Gasteiger partial charge in [-0.3, -0.25) is 4.79 Å². The number of rotatable bonds is 4. The molecule has 4 aliphatic carbocycles. The largest absolute Gasteiger partial charge is 0.390 e. The van der Waals surface area contributed by atoms with Crippen molar-refractivity contribution < 1.29 is 9.90 Å². The van der Waals surface area contributed by atoms with Crippen LogP contribution in [0, 0.1) is 17.3 Å². The lowest BCUT2D eigenvalue weighted by atomic mass is 9.47. The van der Waals surface area contributed by atoms with Crippen molar-refractivity contribution in [2.45, 2.75) is 63.5 Å². The van der Waals surface area contributed by atoms with E-state index in [1.807, 2.05) is 13.0 Å². The molecule has 136 valence electrons. The van der Waals surface area contributed by atoms with Crippen LogP contribution in [0.4, 0.5) is 0 Å². The van der Waals surface area contributed by atoms with Crippen LogP contribution in [0.3, 0.4) is 0 Å². The zero-order chi connectivity index (χ0) is 17.8. The van der Waals surface area contributed by atoms with Gasteiger partial charge in [0.1, 0.15) is 0 Å². The summed E-state index contributed by atoms with van der Waals surface area (Å²) in [5, 5.41) is 15.1.